The number of carbonyl (C=O) groups is 2. The highest BCUT2D eigenvalue weighted by Gasteiger charge is 2.20. The number of benzene rings is 2. The number of rotatable bonds is 5. The Morgan fingerprint density at radius 2 is 1.69 bits per heavy atom. The van der Waals surface area contributed by atoms with Gasteiger partial charge < -0.3 is 0 Å². The number of halogens is 2. The zero-order chi connectivity index (χ0) is 21.0. The van der Waals surface area contributed by atoms with Crippen molar-refractivity contribution in [2.75, 3.05) is 4.72 Å². The summed E-state index contributed by atoms with van der Waals surface area (Å²) in [5, 5.41) is 1.62. The van der Waals surface area contributed by atoms with Crippen molar-refractivity contribution in [3.05, 3.63) is 81.4 Å². The average molecular weight is 498 g/mol. The second kappa shape index (κ2) is 8.72. The van der Waals surface area contributed by atoms with Crippen LogP contribution in [0.1, 0.15) is 20.7 Å². The van der Waals surface area contributed by atoms with Gasteiger partial charge in [-0.2, -0.15) is 0 Å². The Labute approximate surface area is 178 Å². The summed E-state index contributed by atoms with van der Waals surface area (Å²) in [5.74, 6) is -2.11. The van der Waals surface area contributed by atoms with Crippen molar-refractivity contribution in [3.63, 3.8) is 0 Å². The van der Waals surface area contributed by atoms with E-state index in [0.717, 1.165) is 17.4 Å². The van der Waals surface area contributed by atoms with Crippen molar-refractivity contribution in [1.29, 1.82) is 0 Å². The molecule has 7 nitrogen and oxygen atoms in total. The number of para-hydroxylation sites is 1. The molecule has 0 radical (unpaired) electrons. The van der Waals surface area contributed by atoms with E-state index in [-0.39, 0.29) is 21.0 Å². The SMILES string of the molecule is O=C(NNC(=O)c1ccccc1NS(=O)(=O)c1cccs1)c1cc(F)cc(Br)c1. The van der Waals surface area contributed by atoms with E-state index >= 15 is 0 Å². The summed E-state index contributed by atoms with van der Waals surface area (Å²) in [5.41, 5.74) is 4.38. The maximum Gasteiger partial charge on any atom is 0.271 e. The van der Waals surface area contributed by atoms with Gasteiger partial charge in [-0.05, 0) is 41.8 Å². The Kier molecular flexibility index (Phi) is 6.30. The third-order valence-corrected chi connectivity index (χ3v) is 6.81. The molecule has 0 saturated heterocycles. The van der Waals surface area contributed by atoms with Crippen LogP contribution >= 0.6 is 27.3 Å². The largest absolute Gasteiger partial charge is 0.278 e. The number of hydrazine groups is 1. The molecule has 0 fully saturated rings. The molecule has 3 N–H and O–H groups in total. The van der Waals surface area contributed by atoms with Crippen LogP contribution in [0.2, 0.25) is 0 Å². The van der Waals surface area contributed by atoms with Gasteiger partial charge in [-0.3, -0.25) is 25.2 Å². The number of thiophene rings is 1. The topological polar surface area (TPSA) is 104 Å². The smallest absolute Gasteiger partial charge is 0.271 e. The Morgan fingerprint density at radius 1 is 0.966 bits per heavy atom. The first-order chi connectivity index (χ1) is 13.8. The van der Waals surface area contributed by atoms with Crippen molar-refractivity contribution in [1.82, 2.24) is 10.9 Å². The number of hydrogen-bond donors (Lipinski definition) is 3. The van der Waals surface area contributed by atoms with E-state index in [1.807, 2.05) is 0 Å². The van der Waals surface area contributed by atoms with Crippen molar-refractivity contribution in [2.24, 2.45) is 0 Å². The number of amides is 2. The highest BCUT2D eigenvalue weighted by molar-refractivity contribution is 9.10. The number of nitrogens with one attached hydrogen (secondary N) is 3. The molecule has 2 amide bonds. The van der Waals surface area contributed by atoms with Gasteiger partial charge in [0.2, 0.25) is 0 Å². The monoisotopic (exact) mass is 497 g/mol. The van der Waals surface area contributed by atoms with Gasteiger partial charge in [0.15, 0.2) is 0 Å². The molecule has 29 heavy (non-hydrogen) atoms. The summed E-state index contributed by atoms with van der Waals surface area (Å²) in [4.78, 5) is 24.6. The predicted octanol–water partition coefficient (Wildman–Crippen LogP) is 3.53. The number of carbonyl (C=O) groups excluding carboxylic acids is 2. The van der Waals surface area contributed by atoms with Gasteiger partial charge in [-0.1, -0.05) is 34.1 Å². The molecule has 0 atom stereocenters. The van der Waals surface area contributed by atoms with Crippen LogP contribution in [0.4, 0.5) is 10.1 Å². The third-order valence-electron chi connectivity index (χ3n) is 3.59. The number of anilines is 1. The molecule has 1 aromatic heterocycles. The Morgan fingerprint density at radius 3 is 2.38 bits per heavy atom. The Bertz CT molecular complexity index is 1150. The van der Waals surface area contributed by atoms with Crippen LogP contribution < -0.4 is 15.6 Å². The lowest BCUT2D eigenvalue weighted by Crippen LogP contribution is -2.42. The van der Waals surface area contributed by atoms with E-state index in [2.05, 4.69) is 31.5 Å². The predicted molar refractivity (Wildman–Crippen MR) is 111 cm³/mol. The Hall–Kier alpha value is -2.76. The number of hydrogen-bond acceptors (Lipinski definition) is 5. The van der Waals surface area contributed by atoms with Gasteiger partial charge >= 0.3 is 0 Å². The summed E-state index contributed by atoms with van der Waals surface area (Å²) >= 11 is 4.12. The van der Waals surface area contributed by atoms with Gasteiger partial charge in [0, 0.05) is 10.0 Å². The standard InChI is InChI=1S/C18H13BrFN3O4S2/c19-12-8-11(9-13(20)10-12)17(24)21-22-18(25)14-4-1-2-5-15(14)23-29(26,27)16-6-3-7-28-16/h1-10,23H,(H,21,24)(H,22,25). The first-order valence-corrected chi connectivity index (χ1v) is 11.1. The molecular weight excluding hydrogens is 485 g/mol. The van der Waals surface area contributed by atoms with Crippen molar-refractivity contribution in [3.8, 4) is 0 Å². The molecule has 0 spiro atoms. The summed E-state index contributed by atoms with van der Waals surface area (Å²) in [6, 6.07) is 12.5. The van der Waals surface area contributed by atoms with E-state index in [1.165, 1.54) is 30.3 Å². The zero-order valence-corrected chi connectivity index (χ0v) is 17.7. The van der Waals surface area contributed by atoms with Gasteiger partial charge in [0.25, 0.3) is 21.8 Å². The highest BCUT2D eigenvalue weighted by Crippen LogP contribution is 2.22. The third kappa shape index (κ3) is 5.19. The molecule has 3 rings (SSSR count). The Balaban J connectivity index is 1.74. The van der Waals surface area contributed by atoms with Gasteiger partial charge in [0.05, 0.1) is 11.3 Å². The number of sulfonamides is 1. The van der Waals surface area contributed by atoms with E-state index in [1.54, 1.807) is 23.6 Å². The first kappa shape index (κ1) is 21.0. The van der Waals surface area contributed by atoms with Crippen molar-refractivity contribution < 1.29 is 22.4 Å². The lowest BCUT2D eigenvalue weighted by molar-refractivity contribution is 0.0847. The molecule has 0 aliphatic heterocycles. The minimum Gasteiger partial charge on any atom is -0.278 e. The maximum absolute atomic E-state index is 13.4. The summed E-state index contributed by atoms with van der Waals surface area (Å²) in [6.07, 6.45) is 0. The second-order valence-electron chi connectivity index (χ2n) is 5.65. The molecule has 3 aromatic rings. The molecule has 11 heteroatoms. The zero-order valence-electron chi connectivity index (χ0n) is 14.5. The van der Waals surface area contributed by atoms with E-state index in [9.17, 15) is 22.4 Å². The normalized spacial score (nSPS) is 11.0. The molecule has 1 heterocycles. The molecule has 150 valence electrons. The van der Waals surface area contributed by atoms with Crippen molar-refractivity contribution in [2.45, 2.75) is 4.21 Å². The van der Waals surface area contributed by atoms with E-state index in [0.29, 0.717) is 4.47 Å². The van der Waals surface area contributed by atoms with Crippen molar-refractivity contribution >= 4 is 54.8 Å². The molecule has 0 saturated carbocycles. The van der Waals surface area contributed by atoms with Crippen LogP contribution in [0.25, 0.3) is 0 Å². The lowest BCUT2D eigenvalue weighted by atomic mass is 10.2. The molecular formula is C18H13BrFN3O4S2. The fraction of sp³-hybridized carbons (Fsp3) is 0. The van der Waals surface area contributed by atoms with Gasteiger partial charge in [-0.15, -0.1) is 11.3 Å². The van der Waals surface area contributed by atoms with Crippen LogP contribution in [0.15, 0.2) is 68.7 Å². The quantitative estimate of drug-likeness (QED) is 0.469. The summed E-state index contributed by atoms with van der Waals surface area (Å²) < 4.78 is 41.1. The van der Waals surface area contributed by atoms with Crippen LogP contribution in [-0.2, 0) is 10.0 Å². The van der Waals surface area contributed by atoms with Gasteiger partial charge in [0.1, 0.15) is 10.0 Å². The van der Waals surface area contributed by atoms with Gasteiger partial charge in [-0.25, -0.2) is 12.8 Å². The van der Waals surface area contributed by atoms with Crippen LogP contribution in [0, 0.1) is 5.82 Å². The maximum atomic E-state index is 13.4. The van der Waals surface area contributed by atoms with Crippen LogP contribution in [0.5, 0.6) is 0 Å². The van der Waals surface area contributed by atoms with Crippen LogP contribution in [-0.4, -0.2) is 20.2 Å². The summed E-state index contributed by atoms with van der Waals surface area (Å²) in [7, 11) is -3.86. The minimum absolute atomic E-state index is 0.00615. The lowest BCUT2D eigenvalue weighted by Gasteiger charge is -2.12. The molecule has 0 unspecified atom stereocenters. The average Bonchev–Trinajstić information content (AvgIpc) is 3.21. The molecule has 2 aromatic carbocycles. The molecule has 0 aliphatic rings. The molecule has 0 aliphatic carbocycles. The second-order valence-corrected chi connectivity index (χ2v) is 9.42. The van der Waals surface area contributed by atoms with E-state index in [4.69, 9.17) is 0 Å². The van der Waals surface area contributed by atoms with E-state index < -0.39 is 27.7 Å². The van der Waals surface area contributed by atoms with Crippen LogP contribution in [0.3, 0.4) is 0 Å². The fourth-order valence-corrected chi connectivity index (χ4v) is 4.86. The molecule has 0 bridgehead atoms. The first-order valence-electron chi connectivity index (χ1n) is 7.98. The minimum atomic E-state index is -3.86. The highest BCUT2D eigenvalue weighted by atomic mass is 79.9. The summed E-state index contributed by atoms with van der Waals surface area (Å²) in [6.45, 7) is 0. The fourth-order valence-electron chi connectivity index (χ4n) is 2.32.